The molecule has 1 N–H and O–H groups in total. The van der Waals surface area contributed by atoms with Gasteiger partial charge < -0.3 is 14.6 Å². The standard InChI is InChI=1S/C14H24ClN4O4P/c1-10-6-19(14(20)16-11(10)2)13-8-18(5)7-12(23-13)9-22-24(15,21)17(3)4/h6,12-13H,2,7-9H2,1,3-5H3,(H,16,20)/t12-,13?,24?/m0/s1. The zero-order valence-corrected chi connectivity index (χ0v) is 16.0. The number of rotatable bonds is 5. The molecule has 8 nitrogen and oxygen atoms in total. The molecule has 2 rings (SSSR count). The molecule has 0 spiro atoms. The van der Waals surface area contributed by atoms with E-state index in [2.05, 4.69) is 11.9 Å². The van der Waals surface area contributed by atoms with Crippen molar-refractivity contribution in [3.8, 4) is 0 Å². The van der Waals surface area contributed by atoms with Crippen LogP contribution in [-0.4, -0.2) is 73.7 Å². The van der Waals surface area contributed by atoms with Gasteiger partial charge in [-0.15, -0.1) is 0 Å². The molecule has 10 heteroatoms. The third kappa shape index (κ3) is 4.59. The van der Waals surface area contributed by atoms with Crippen LogP contribution in [0.1, 0.15) is 6.92 Å². The van der Waals surface area contributed by atoms with Gasteiger partial charge in [-0.1, -0.05) is 6.58 Å². The van der Waals surface area contributed by atoms with Gasteiger partial charge in [-0.2, -0.15) is 0 Å². The Kier molecular flexibility index (Phi) is 6.12. The van der Waals surface area contributed by atoms with Crippen LogP contribution >= 0.6 is 18.1 Å². The molecule has 0 aromatic heterocycles. The number of likely N-dealkylation sites (N-methyl/N-ethyl adjacent to an activating group) is 1. The monoisotopic (exact) mass is 378 g/mol. The maximum Gasteiger partial charge on any atom is 0.362 e. The van der Waals surface area contributed by atoms with Gasteiger partial charge in [0.15, 0.2) is 6.23 Å². The number of urea groups is 1. The normalized spacial score (nSPS) is 28.6. The molecule has 0 bridgehead atoms. The minimum Gasteiger partial charge on any atom is -0.350 e. The molecule has 0 radical (unpaired) electrons. The van der Waals surface area contributed by atoms with Crippen molar-refractivity contribution >= 4 is 24.1 Å². The molecule has 0 aromatic carbocycles. The summed E-state index contributed by atoms with van der Waals surface area (Å²) in [5, 5.41) is 2.70. The van der Waals surface area contributed by atoms with Gasteiger partial charge in [0.25, 0.3) is 0 Å². The fourth-order valence-electron chi connectivity index (χ4n) is 2.38. The first kappa shape index (κ1) is 19.4. The summed E-state index contributed by atoms with van der Waals surface area (Å²) in [6.45, 7) is 3.51. The molecular formula is C14H24ClN4O4P. The van der Waals surface area contributed by atoms with Crippen molar-refractivity contribution in [3.63, 3.8) is 0 Å². The molecule has 3 atom stereocenters. The van der Waals surface area contributed by atoms with Crippen LogP contribution in [0.4, 0.5) is 4.79 Å². The Labute approximate surface area is 147 Å². The lowest BCUT2D eigenvalue weighted by Crippen LogP contribution is -2.57. The van der Waals surface area contributed by atoms with Gasteiger partial charge in [0.1, 0.15) is 0 Å². The van der Waals surface area contributed by atoms with Gasteiger partial charge in [0.05, 0.1) is 12.7 Å². The smallest absolute Gasteiger partial charge is 0.350 e. The zero-order valence-electron chi connectivity index (χ0n) is 14.4. The maximum atomic E-state index is 12.2. The highest BCUT2D eigenvalue weighted by atomic mass is 35.7. The fraction of sp³-hybridized carbons (Fsp3) is 0.643. The average molecular weight is 379 g/mol. The quantitative estimate of drug-likeness (QED) is 0.738. The predicted octanol–water partition coefficient (Wildman–Crippen LogP) is 2.01. The summed E-state index contributed by atoms with van der Waals surface area (Å²) in [5.74, 6) is 0. The number of hydrogen-bond donors (Lipinski definition) is 1. The third-order valence-electron chi connectivity index (χ3n) is 3.84. The molecule has 2 amide bonds. The number of hydrogen-bond acceptors (Lipinski definition) is 5. The Morgan fingerprint density at radius 3 is 2.83 bits per heavy atom. The number of amides is 2. The van der Waals surface area contributed by atoms with Crippen molar-refractivity contribution in [2.24, 2.45) is 0 Å². The molecule has 1 fully saturated rings. The molecule has 2 heterocycles. The lowest BCUT2D eigenvalue weighted by atomic mass is 10.2. The van der Waals surface area contributed by atoms with Gasteiger partial charge in [-0.3, -0.25) is 14.4 Å². The van der Waals surface area contributed by atoms with Crippen molar-refractivity contribution in [2.75, 3.05) is 40.8 Å². The van der Waals surface area contributed by atoms with E-state index in [1.54, 1.807) is 20.3 Å². The van der Waals surface area contributed by atoms with Crippen molar-refractivity contribution in [2.45, 2.75) is 19.3 Å². The first-order valence-corrected chi connectivity index (χ1v) is 10.0. The lowest BCUT2D eigenvalue weighted by Gasteiger charge is -2.41. The second kappa shape index (κ2) is 7.56. The molecular weight excluding hydrogens is 355 g/mol. The van der Waals surface area contributed by atoms with Crippen LogP contribution in [0.15, 0.2) is 24.0 Å². The fourth-order valence-corrected chi connectivity index (χ4v) is 3.13. The summed E-state index contributed by atoms with van der Waals surface area (Å²) in [7, 11) is 5.10. The Balaban J connectivity index is 2.04. The summed E-state index contributed by atoms with van der Waals surface area (Å²) in [5.41, 5.74) is 1.44. The first-order valence-electron chi connectivity index (χ1n) is 7.53. The number of morpholine rings is 1. The van der Waals surface area contributed by atoms with E-state index in [1.807, 2.05) is 18.9 Å². The van der Waals surface area contributed by atoms with Gasteiger partial charge in [-0.05, 0) is 44.9 Å². The second-order valence-electron chi connectivity index (χ2n) is 6.16. The van der Waals surface area contributed by atoms with E-state index in [-0.39, 0.29) is 18.7 Å². The molecule has 0 aliphatic carbocycles. The Morgan fingerprint density at radius 2 is 2.21 bits per heavy atom. The first-order chi connectivity index (χ1) is 11.1. The van der Waals surface area contributed by atoms with Crippen LogP contribution in [0.2, 0.25) is 0 Å². The van der Waals surface area contributed by atoms with E-state index in [4.69, 9.17) is 20.5 Å². The number of carbonyl (C=O) groups is 1. The van der Waals surface area contributed by atoms with E-state index < -0.39 is 13.1 Å². The van der Waals surface area contributed by atoms with Gasteiger partial charge >= 0.3 is 12.9 Å². The van der Waals surface area contributed by atoms with E-state index in [0.29, 0.717) is 18.8 Å². The molecule has 2 unspecified atom stereocenters. The molecule has 2 aliphatic rings. The number of nitrogens with one attached hydrogen (secondary N) is 1. The molecule has 0 saturated carbocycles. The summed E-state index contributed by atoms with van der Waals surface area (Å²) in [4.78, 5) is 15.7. The highest BCUT2D eigenvalue weighted by Crippen LogP contribution is 2.54. The minimum absolute atomic E-state index is 0.0741. The highest BCUT2D eigenvalue weighted by molar-refractivity contribution is 7.83. The maximum absolute atomic E-state index is 12.2. The van der Waals surface area contributed by atoms with Gasteiger partial charge in [0, 0.05) is 25.0 Å². The van der Waals surface area contributed by atoms with Crippen molar-refractivity contribution in [1.82, 2.24) is 19.8 Å². The Morgan fingerprint density at radius 1 is 1.54 bits per heavy atom. The summed E-state index contributed by atoms with van der Waals surface area (Å²) < 4.78 is 24.7. The number of ether oxygens (including phenoxy) is 1. The van der Waals surface area contributed by atoms with Crippen LogP contribution in [0, 0.1) is 0 Å². The van der Waals surface area contributed by atoms with Crippen LogP contribution < -0.4 is 5.32 Å². The Bertz CT molecular complexity index is 597. The number of allylic oxidation sites excluding steroid dienone is 1. The van der Waals surface area contributed by atoms with Crippen LogP contribution in [-0.2, 0) is 13.8 Å². The van der Waals surface area contributed by atoms with Gasteiger partial charge in [-0.25, -0.2) is 9.46 Å². The number of nitrogens with zero attached hydrogens (tertiary/aromatic N) is 3. The summed E-state index contributed by atoms with van der Waals surface area (Å²) >= 11 is 5.87. The molecule has 1 saturated heterocycles. The van der Waals surface area contributed by atoms with E-state index in [9.17, 15) is 9.36 Å². The number of carbonyl (C=O) groups excluding carboxylic acids is 1. The molecule has 24 heavy (non-hydrogen) atoms. The number of halogens is 1. The SMILES string of the molecule is C=C1NC(=O)N(C2CN(C)C[C@@H](COP(=O)(Cl)N(C)C)O2)C=C1C. The van der Waals surface area contributed by atoms with E-state index >= 15 is 0 Å². The van der Waals surface area contributed by atoms with Crippen LogP contribution in [0.3, 0.4) is 0 Å². The molecule has 2 aliphatic heterocycles. The topological polar surface area (TPSA) is 74.4 Å². The largest absolute Gasteiger partial charge is 0.362 e. The van der Waals surface area contributed by atoms with Crippen LogP contribution in [0.25, 0.3) is 0 Å². The Hall–Kier alpha value is -0.890. The van der Waals surface area contributed by atoms with Crippen molar-refractivity contribution in [3.05, 3.63) is 24.0 Å². The summed E-state index contributed by atoms with van der Waals surface area (Å²) in [6.07, 6.45) is 0.886. The van der Waals surface area contributed by atoms with Gasteiger partial charge in [0.2, 0.25) is 0 Å². The third-order valence-corrected chi connectivity index (χ3v) is 6.46. The van der Waals surface area contributed by atoms with Crippen LogP contribution in [0.5, 0.6) is 0 Å². The molecule has 136 valence electrons. The van der Waals surface area contributed by atoms with Crippen molar-refractivity contribution in [1.29, 1.82) is 0 Å². The highest BCUT2D eigenvalue weighted by Gasteiger charge is 2.35. The zero-order chi connectivity index (χ0) is 18.1. The summed E-state index contributed by atoms with van der Waals surface area (Å²) in [6, 6.07) is -0.290. The minimum atomic E-state index is -3.34. The second-order valence-corrected chi connectivity index (χ2v) is 9.40. The molecule has 0 aromatic rings. The lowest BCUT2D eigenvalue weighted by molar-refractivity contribution is -0.132. The van der Waals surface area contributed by atoms with E-state index in [0.717, 1.165) is 5.57 Å². The van der Waals surface area contributed by atoms with Crippen molar-refractivity contribution < 1.29 is 18.6 Å². The predicted molar refractivity (Wildman–Crippen MR) is 92.5 cm³/mol. The van der Waals surface area contributed by atoms with E-state index in [1.165, 1.54) is 9.57 Å². The average Bonchev–Trinajstić information content (AvgIpc) is 2.48.